The first-order valence-corrected chi connectivity index (χ1v) is 7.18. The van der Waals surface area contributed by atoms with Crippen LogP contribution in [0.1, 0.15) is 45.7 Å². The molecular formula is C15H23IO. The van der Waals surface area contributed by atoms with Crippen molar-refractivity contribution < 1.29 is 4.74 Å². The molecule has 17 heavy (non-hydrogen) atoms. The number of rotatable bonds is 4. The molecule has 0 bridgehead atoms. The number of benzene rings is 1. The molecule has 1 nitrogen and oxygen atoms in total. The van der Waals surface area contributed by atoms with Crippen molar-refractivity contribution in [3.8, 4) is 5.75 Å². The Hall–Kier alpha value is -0.250. The zero-order valence-electron chi connectivity index (χ0n) is 11.7. The molecule has 0 aromatic heterocycles. The monoisotopic (exact) mass is 346 g/mol. The molecule has 0 N–H and O–H groups in total. The lowest BCUT2D eigenvalue weighted by Crippen LogP contribution is -2.37. The van der Waals surface area contributed by atoms with E-state index in [0.717, 1.165) is 12.2 Å². The number of methoxy groups -OCH3 is 1. The summed E-state index contributed by atoms with van der Waals surface area (Å²) in [5.74, 6) is 0.998. The molecule has 0 heterocycles. The number of aryl methyl sites for hydroxylation is 1. The minimum Gasteiger partial charge on any atom is -0.496 e. The van der Waals surface area contributed by atoms with E-state index in [1.54, 1.807) is 7.11 Å². The predicted octanol–water partition coefficient (Wildman–Crippen LogP) is 4.75. The van der Waals surface area contributed by atoms with Gasteiger partial charge in [0, 0.05) is 8.84 Å². The van der Waals surface area contributed by atoms with Crippen LogP contribution < -0.4 is 4.74 Å². The summed E-state index contributed by atoms with van der Waals surface area (Å²) >= 11 is 2.53. The highest BCUT2D eigenvalue weighted by Crippen LogP contribution is 2.42. The summed E-state index contributed by atoms with van der Waals surface area (Å²) < 4.78 is 5.60. The van der Waals surface area contributed by atoms with Gasteiger partial charge in [-0.2, -0.15) is 0 Å². The van der Waals surface area contributed by atoms with Crippen molar-refractivity contribution in [2.75, 3.05) is 7.11 Å². The van der Waals surface area contributed by atoms with E-state index in [4.69, 9.17) is 4.74 Å². The first kappa shape index (κ1) is 14.8. The number of hydrogen-bond donors (Lipinski definition) is 0. The third kappa shape index (κ3) is 2.95. The zero-order chi connectivity index (χ0) is 13.3. The Labute approximate surface area is 119 Å². The second kappa shape index (κ2) is 5.17. The Morgan fingerprint density at radius 2 is 1.76 bits per heavy atom. The lowest BCUT2D eigenvalue weighted by molar-refractivity contribution is 0.406. The molecule has 0 unspecified atom stereocenters. The maximum absolute atomic E-state index is 5.39. The van der Waals surface area contributed by atoms with E-state index < -0.39 is 0 Å². The molecule has 96 valence electrons. The highest BCUT2D eigenvalue weighted by molar-refractivity contribution is 14.1. The summed E-state index contributed by atoms with van der Waals surface area (Å²) in [6.45, 7) is 11.3. The SMILES string of the molecule is CCc1cc(C(C)(C)C(C)(C)I)ccc1OC. The topological polar surface area (TPSA) is 9.23 Å². The van der Waals surface area contributed by atoms with Gasteiger partial charge in [-0.05, 0) is 37.5 Å². The van der Waals surface area contributed by atoms with Crippen molar-refractivity contribution in [3.05, 3.63) is 29.3 Å². The van der Waals surface area contributed by atoms with E-state index in [-0.39, 0.29) is 8.84 Å². The maximum atomic E-state index is 5.39. The molecule has 0 saturated carbocycles. The summed E-state index contributed by atoms with van der Waals surface area (Å²) in [6, 6.07) is 6.58. The molecule has 0 amide bonds. The third-order valence-electron chi connectivity index (χ3n) is 3.87. The average Bonchev–Trinajstić information content (AvgIpc) is 2.26. The van der Waals surface area contributed by atoms with Crippen molar-refractivity contribution in [2.45, 2.75) is 49.9 Å². The Morgan fingerprint density at radius 3 is 2.18 bits per heavy atom. The molecule has 0 fully saturated rings. The van der Waals surface area contributed by atoms with Crippen LogP contribution in [0.5, 0.6) is 5.75 Å². The van der Waals surface area contributed by atoms with Crippen molar-refractivity contribution in [2.24, 2.45) is 0 Å². The average molecular weight is 346 g/mol. The van der Waals surface area contributed by atoms with Gasteiger partial charge in [-0.15, -0.1) is 0 Å². The minimum atomic E-state index is 0.143. The molecule has 0 aliphatic carbocycles. The van der Waals surface area contributed by atoms with Crippen LogP contribution >= 0.6 is 22.6 Å². The van der Waals surface area contributed by atoms with E-state index in [0.29, 0.717) is 0 Å². The predicted molar refractivity (Wildman–Crippen MR) is 83.5 cm³/mol. The van der Waals surface area contributed by atoms with Crippen LogP contribution in [0.25, 0.3) is 0 Å². The molecule has 0 saturated heterocycles. The standard InChI is InChI=1S/C15H23IO/c1-7-11-10-12(8-9-13(11)17-6)14(2,3)15(4,5)16/h8-10H,7H2,1-6H3. The van der Waals surface area contributed by atoms with E-state index in [2.05, 4.69) is 75.4 Å². The Balaban J connectivity index is 3.25. The Bertz CT molecular complexity index is 388. The van der Waals surface area contributed by atoms with Crippen LogP contribution in [0.2, 0.25) is 0 Å². The van der Waals surface area contributed by atoms with Crippen LogP contribution in [0, 0.1) is 0 Å². The molecule has 0 atom stereocenters. The number of ether oxygens (including phenoxy) is 1. The van der Waals surface area contributed by atoms with E-state index >= 15 is 0 Å². The molecule has 0 spiro atoms. The maximum Gasteiger partial charge on any atom is 0.122 e. The quantitative estimate of drug-likeness (QED) is 0.565. The fraction of sp³-hybridized carbons (Fsp3) is 0.600. The minimum absolute atomic E-state index is 0.143. The van der Waals surface area contributed by atoms with Gasteiger partial charge in [0.15, 0.2) is 0 Å². The van der Waals surface area contributed by atoms with Gasteiger partial charge >= 0.3 is 0 Å². The number of halogens is 1. The van der Waals surface area contributed by atoms with Gasteiger partial charge in [0.05, 0.1) is 7.11 Å². The molecule has 2 heteroatoms. The lowest BCUT2D eigenvalue weighted by Gasteiger charge is -2.38. The van der Waals surface area contributed by atoms with Gasteiger partial charge in [0.2, 0.25) is 0 Å². The number of hydrogen-bond acceptors (Lipinski definition) is 1. The molecule has 0 aliphatic heterocycles. The van der Waals surface area contributed by atoms with Gasteiger partial charge in [-0.3, -0.25) is 0 Å². The second-order valence-electron chi connectivity index (χ2n) is 5.48. The van der Waals surface area contributed by atoms with E-state index in [9.17, 15) is 0 Å². The summed E-state index contributed by atoms with van der Waals surface area (Å²) in [6.07, 6.45) is 1.01. The first-order chi connectivity index (χ1) is 7.74. The smallest absolute Gasteiger partial charge is 0.122 e. The molecule has 1 rings (SSSR count). The normalized spacial score (nSPS) is 12.6. The Morgan fingerprint density at radius 1 is 1.18 bits per heavy atom. The molecular weight excluding hydrogens is 323 g/mol. The highest BCUT2D eigenvalue weighted by Gasteiger charge is 2.36. The first-order valence-electron chi connectivity index (χ1n) is 6.10. The lowest BCUT2D eigenvalue weighted by atomic mass is 9.74. The Kier molecular flexibility index (Phi) is 4.50. The molecule has 0 radical (unpaired) electrons. The fourth-order valence-corrected chi connectivity index (χ4v) is 2.10. The van der Waals surface area contributed by atoms with Gasteiger partial charge in [0.1, 0.15) is 5.75 Å². The largest absolute Gasteiger partial charge is 0.496 e. The van der Waals surface area contributed by atoms with Crippen LogP contribution in [-0.4, -0.2) is 10.5 Å². The highest BCUT2D eigenvalue weighted by atomic mass is 127. The summed E-state index contributed by atoms with van der Waals surface area (Å²) in [5, 5.41) is 0. The van der Waals surface area contributed by atoms with E-state index in [1.807, 2.05) is 0 Å². The molecule has 1 aromatic carbocycles. The van der Waals surface area contributed by atoms with Crippen molar-refractivity contribution >= 4 is 22.6 Å². The van der Waals surface area contributed by atoms with Gasteiger partial charge in [-0.1, -0.05) is 55.5 Å². The van der Waals surface area contributed by atoms with Crippen LogP contribution in [0.4, 0.5) is 0 Å². The third-order valence-corrected chi connectivity index (χ3v) is 5.22. The molecule has 0 aliphatic rings. The summed E-state index contributed by atoms with van der Waals surface area (Å²) in [4.78, 5) is 0. The zero-order valence-corrected chi connectivity index (χ0v) is 13.9. The summed E-state index contributed by atoms with van der Waals surface area (Å²) in [5.41, 5.74) is 2.82. The second-order valence-corrected chi connectivity index (χ2v) is 8.17. The van der Waals surface area contributed by atoms with Gasteiger partial charge in [-0.25, -0.2) is 0 Å². The van der Waals surface area contributed by atoms with Gasteiger partial charge < -0.3 is 4.74 Å². The van der Waals surface area contributed by atoms with Gasteiger partial charge in [0.25, 0.3) is 0 Å². The van der Waals surface area contributed by atoms with Crippen molar-refractivity contribution in [3.63, 3.8) is 0 Å². The summed E-state index contributed by atoms with van der Waals surface area (Å²) in [7, 11) is 1.74. The van der Waals surface area contributed by atoms with Crippen LogP contribution in [-0.2, 0) is 11.8 Å². The van der Waals surface area contributed by atoms with Crippen LogP contribution in [0.3, 0.4) is 0 Å². The number of alkyl halides is 1. The van der Waals surface area contributed by atoms with Crippen LogP contribution in [0.15, 0.2) is 18.2 Å². The fourth-order valence-electron chi connectivity index (χ4n) is 1.79. The molecule has 1 aromatic rings. The van der Waals surface area contributed by atoms with Crippen molar-refractivity contribution in [1.82, 2.24) is 0 Å². The van der Waals surface area contributed by atoms with E-state index in [1.165, 1.54) is 11.1 Å². The van der Waals surface area contributed by atoms with Crippen molar-refractivity contribution in [1.29, 1.82) is 0 Å².